The summed E-state index contributed by atoms with van der Waals surface area (Å²) in [6.07, 6.45) is 1.52. The first kappa shape index (κ1) is 20.6. The van der Waals surface area contributed by atoms with Gasteiger partial charge < -0.3 is 11.1 Å². The highest BCUT2D eigenvalue weighted by atomic mass is 35.5. The van der Waals surface area contributed by atoms with E-state index in [0.29, 0.717) is 29.2 Å². The van der Waals surface area contributed by atoms with Crippen molar-refractivity contribution in [3.63, 3.8) is 0 Å². The summed E-state index contributed by atoms with van der Waals surface area (Å²) >= 11 is 5.83. The summed E-state index contributed by atoms with van der Waals surface area (Å²) in [6, 6.07) is 13.6. The van der Waals surface area contributed by atoms with Gasteiger partial charge in [0.25, 0.3) is 0 Å². The first-order valence-electron chi connectivity index (χ1n) is 8.50. The highest BCUT2D eigenvalue weighted by Gasteiger charge is 2.36. The molecule has 1 unspecified atom stereocenters. The Morgan fingerprint density at radius 3 is 2.65 bits per heavy atom. The Kier molecular flexibility index (Phi) is 7.41. The number of likely N-dealkylation sites (tertiary alicyclic amines) is 1. The zero-order chi connectivity index (χ0) is 17.8. The van der Waals surface area contributed by atoms with E-state index in [-0.39, 0.29) is 24.4 Å². The fourth-order valence-corrected chi connectivity index (χ4v) is 3.50. The number of rotatable bonds is 5. The highest BCUT2D eigenvalue weighted by Crippen LogP contribution is 2.33. The molecule has 26 heavy (non-hydrogen) atoms. The van der Waals surface area contributed by atoms with Gasteiger partial charge in [-0.3, -0.25) is 9.69 Å². The molecule has 1 aliphatic heterocycles. The van der Waals surface area contributed by atoms with Gasteiger partial charge in [0, 0.05) is 25.2 Å². The van der Waals surface area contributed by atoms with Gasteiger partial charge in [0.2, 0.25) is 5.91 Å². The number of amides is 1. The maximum absolute atomic E-state index is 12.6. The predicted molar refractivity (Wildman–Crippen MR) is 108 cm³/mol. The topological polar surface area (TPSA) is 71.2 Å². The Bertz CT molecular complexity index is 711. The van der Waals surface area contributed by atoms with Gasteiger partial charge in [0.15, 0.2) is 0 Å². The molecule has 140 valence electrons. The van der Waals surface area contributed by atoms with Crippen molar-refractivity contribution in [2.45, 2.75) is 18.9 Å². The number of nitrogens with zero attached hydrogens (tertiary/aromatic N) is 2. The Balaban J connectivity index is 0.00000243. The maximum Gasteiger partial charge on any atom is 0.242 e. The first-order valence-corrected chi connectivity index (χ1v) is 8.87. The summed E-state index contributed by atoms with van der Waals surface area (Å²) in [5, 5.41) is 3.40. The van der Waals surface area contributed by atoms with E-state index in [9.17, 15) is 4.79 Å². The maximum atomic E-state index is 12.6. The molecule has 3 N–H and O–H groups in total. The third kappa shape index (κ3) is 4.74. The fourth-order valence-electron chi connectivity index (χ4n) is 3.38. The lowest BCUT2D eigenvalue weighted by atomic mass is 9.89. The Morgan fingerprint density at radius 2 is 2.04 bits per heavy atom. The molecular weight excluding hydrogens is 371 g/mol. The number of halogens is 2. The quantitative estimate of drug-likeness (QED) is 0.816. The second-order valence-electron chi connectivity index (χ2n) is 6.49. The minimum Gasteiger partial charge on any atom is -0.330 e. The zero-order valence-corrected chi connectivity index (χ0v) is 16.2. The van der Waals surface area contributed by atoms with Crippen LogP contribution >= 0.6 is 24.0 Å². The highest BCUT2D eigenvalue weighted by molar-refractivity contribution is 6.30. The van der Waals surface area contributed by atoms with Crippen LogP contribution in [0.3, 0.4) is 0 Å². The van der Waals surface area contributed by atoms with Crippen LogP contribution in [0.4, 0.5) is 5.82 Å². The molecule has 1 aliphatic rings. The van der Waals surface area contributed by atoms with Gasteiger partial charge in [0.1, 0.15) is 5.82 Å². The molecule has 0 aliphatic carbocycles. The SMILES string of the molecule is CC(C(=O)Nc1ccc(Cl)cn1)N1C[C@@H](CN)[C@H](c2ccccc2)C1.Cl. The largest absolute Gasteiger partial charge is 0.330 e. The molecule has 2 heterocycles. The number of pyridine rings is 1. The third-order valence-corrected chi connectivity index (χ3v) is 5.13. The van der Waals surface area contributed by atoms with Gasteiger partial charge in [-0.15, -0.1) is 12.4 Å². The van der Waals surface area contributed by atoms with E-state index in [2.05, 4.69) is 27.3 Å². The van der Waals surface area contributed by atoms with Gasteiger partial charge in [-0.2, -0.15) is 0 Å². The summed E-state index contributed by atoms with van der Waals surface area (Å²) in [6.45, 7) is 4.18. The van der Waals surface area contributed by atoms with Crippen LogP contribution in [-0.4, -0.2) is 41.5 Å². The molecule has 1 aromatic heterocycles. The summed E-state index contributed by atoms with van der Waals surface area (Å²) in [5.74, 6) is 1.15. The molecule has 1 fully saturated rings. The van der Waals surface area contributed by atoms with Crippen molar-refractivity contribution in [2.24, 2.45) is 11.7 Å². The number of nitrogens with two attached hydrogens (primary N) is 1. The zero-order valence-electron chi connectivity index (χ0n) is 14.6. The lowest BCUT2D eigenvalue weighted by molar-refractivity contribution is -0.120. The lowest BCUT2D eigenvalue weighted by Gasteiger charge is -2.23. The standard InChI is InChI=1S/C19H23ClN4O.ClH/c1-13(19(25)23-18-8-7-16(20)10-22-18)24-11-15(9-21)17(12-24)14-5-3-2-4-6-14;/h2-8,10,13,15,17H,9,11-12,21H2,1H3,(H,22,23,25);1H/t13?,15-,17+;/m1./s1. The molecule has 1 amide bonds. The molecule has 1 aromatic carbocycles. The summed E-state index contributed by atoms with van der Waals surface area (Å²) in [7, 11) is 0. The van der Waals surface area contributed by atoms with Gasteiger partial charge in [-0.05, 0) is 37.1 Å². The van der Waals surface area contributed by atoms with Gasteiger partial charge in [-0.25, -0.2) is 4.98 Å². The van der Waals surface area contributed by atoms with E-state index in [1.165, 1.54) is 11.8 Å². The van der Waals surface area contributed by atoms with Crippen LogP contribution < -0.4 is 11.1 Å². The van der Waals surface area contributed by atoms with E-state index in [4.69, 9.17) is 17.3 Å². The van der Waals surface area contributed by atoms with E-state index in [1.54, 1.807) is 12.1 Å². The number of carbonyl (C=O) groups excluding carboxylic acids is 1. The van der Waals surface area contributed by atoms with Crippen molar-refractivity contribution < 1.29 is 4.79 Å². The van der Waals surface area contributed by atoms with E-state index >= 15 is 0 Å². The Labute approximate surface area is 165 Å². The van der Waals surface area contributed by atoms with Crippen molar-refractivity contribution >= 4 is 35.7 Å². The van der Waals surface area contributed by atoms with E-state index in [0.717, 1.165) is 13.1 Å². The smallest absolute Gasteiger partial charge is 0.242 e. The van der Waals surface area contributed by atoms with Gasteiger partial charge in [-0.1, -0.05) is 41.9 Å². The van der Waals surface area contributed by atoms with Crippen LogP contribution in [0.2, 0.25) is 5.02 Å². The molecule has 7 heteroatoms. The van der Waals surface area contributed by atoms with E-state index < -0.39 is 0 Å². The number of aromatic nitrogens is 1. The van der Waals surface area contributed by atoms with Crippen molar-refractivity contribution in [3.05, 3.63) is 59.2 Å². The number of anilines is 1. The average Bonchev–Trinajstić information content (AvgIpc) is 3.08. The fraction of sp³-hybridized carbons (Fsp3) is 0.368. The lowest BCUT2D eigenvalue weighted by Crippen LogP contribution is -2.41. The molecule has 2 aromatic rings. The number of benzene rings is 1. The number of carbonyl (C=O) groups is 1. The second kappa shape index (κ2) is 9.33. The minimum absolute atomic E-state index is 0. The van der Waals surface area contributed by atoms with E-state index in [1.807, 2.05) is 25.1 Å². The molecule has 5 nitrogen and oxygen atoms in total. The van der Waals surface area contributed by atoms with Crippen molar-refractivity contribution in [3.8, 4) is 0 Å². The molecule has 3 rings (SSSR count). The number of nitrogens with one attached hydrogen (secondary N) is 1. The van der Waals surface area contributed by atoms with Crippen LogP contribution in [0.25, 0.3) is 0 Å². The second-order valence-corrected chi connectivity index (χ2v) is 6.93. The monoisotopic (exact) mass is 394 g/mol. The van der Waals surface area contributed by atoms with Gasteiger partial charge in [0.05, 0.1) is 11.1 Å². The average molecular weight is 395 g/mol. The third-order valence-electron chi connectivity index (χ3n) is 4.91. The summed E-state index contributed by atoms with van der Waals surface area (Å²) in [4.78, 5) is 18.9. The van der Waals surface area contributed by atoms with Crippen LogP contribution in [0.15, 0.2) is 48.7 Å². The summed E-state index contributed by atoms with van der Waals surface area (Å²) < 4.78 is 0. The molecular formula is C19H24Cl2N4O. The number of hydrogen-bond acceptors (Lipinski definition) is 4. The molecule has 3 atom stereocenters. The predicted octanol–water partition coefficient (Wildman–Crippen LogP) is 3.16. The van der Waals surface area contributed by atoms with Crippen LogP contribution in [-0.2, 0) is 4.79 Å². The van der Waals surface area contributed by atoms with Crippen molar-refractivity contribution in [1.29, 1.82) is 0 Å². The molecule has 0 bridgehead atoms. The Hall–Kier alpha value is -1.66. The number of hydrogen-bond donors (Lipinski definition) is 2. The van der Waals surface area contributed by atoms with Crippen LogP contribution in [0.5, 0.6) is 0 Å². The molecule has 0 radical (unpaired) electrons. The molecule has 1 saturated heterocycles. The normalized spacial score (nSPS) is 21.0. The van der Waals surface area contributed by atoms with Crippen LogP contribution in [0.1, 0.15) is 18.4 Å². The van der Waals surface area contributed by atoms with Crippen molar-refractivity contribution in [1.82, 2.24) is 9.88 Å². The van der Waals surface area contributed by atoms with Crippen LogP contribution in [0, 0.1) is 5.92 Å². The Morgan fingerprint density at radius 1 is 1.31 bits per heavy atom. The van der Waals surface area contributed by atoms with Gasteiger partial charge >= 0.3 is 0 Å². The first-order chi connectivity index (χ1) is 12.1. The molecule has 0 saturated carbocycles. The molecule has 0 spiro atoms. The minimum atomic E-state index is -0.250. The van der Waals surface area contributed by atoms with Crippen molar-refractivity contribution in [2.75, 3.05) is 25.0 Å². The summed E-state index contributed by atoms with van der Waals surface area (Å²) in [5.41, 5.74) is 7.27.